The van der Waals surface area contributed by atoms with E-state index in [-0.39, 0.29) is 0 Å². The summed E-state index contributed by atoms with van der Waals surface area (Å²) >= 11 is 0. The molecule has 1 saturated carbocycles. The smallest absolute Gasteiger partial charge is 0.00134 e. The Kier molecular flexibility index (Phi) is 2.43. The molecule has 1 saturated heterocycles. The number of piperidine rings is 1. The van der Waals surface area contributed by atoms with Crippen molar-refractivity contribution in [2.24, 2.45) is 17.3 Å². The average molecular weight is 219 g/mol. The summed E-state index contributed by atoms with van der Waals surface area (Å²) in [6.45, 7) is 7.47. The maximum absolute atomic E-state index is 2.50. The first kappa shape index (κ1) is 10.8. The summed E-state index contributed by atoms with van der Waals surface area (Å²) in [5.41, 5.74) is 4.16. The lowest BCUT2D eigenvalue weighted by molar-refractivity contribution is 0.143. The van der Waals surface area contributed by atoms with Crippen LogP contribution in [0.2, 0.25) is 0 Å². The SMILES string of the molecule is CC1=C(C)C2(CCN(C)CC2)CC1C1CC1. The van der Waals surface area contributed by atoms with Crippen molar-refractivity contribution in [2.45, 2.75) is 46.0 Å². The molecule has 2 aliphatic carbocycles. The van der Waals surface area contributed by atoms with Crippen LogP contribution in [0, 0.1) is 17.3 Å². The van der Waals surface area contributed by atoms with Gasteiger partial charge in [0.2, 0.25) is 0 Å². The third-order valence-electron chi connectivity index (χ3n) is 5.69. The molecule has 0 amide bonds. The van der Waals surface area contributed by atoms with Gasteiger partial charge in [0.1, 0.15) is 0 Å². The highest BCUT2D eigenvalue weighted by Crippen LogP contribution is 2.57. The van der Waals surface area contributed by atoms with Gasteiger partial charge < -0.3 is 4.90 Å². The van der Waals surface area contributed by atoms with Crippen LogP contribution in [0.3, 0.4) is 0 Å². The van der Waals surface area contributed by atoms with E-state index in [1.165, 1.54) is 45.2 Å². The Morgan fingerprint density at radius 2 is 1.75 bits per heavy atom. The molecule has 16 heavy (non-hydrogen) atoms. The summed E-state index contributed by atoms with van der Waals surface area (Å²) in [7, 11) is 2.27. The maximum atomic E-state index is 2.50. The molecule has 1 spiro atoms. The molecule has 1 heteroatoms. The second kappa shape index (κ2) is 3.60. The maximum Gasteiger partial charge on any atom is -0.00134 e. The van der Waals surface area contributed by atoms with Crippen molar-refractivity contribution in [3.63, 3.8) is 0 Å². The molecule has 2 fully saturated rings. The van der Waals surface area contributed by atoms with Crippen LogP contribution in [0.1, 0.15) is 46.0 Å². The second-order valence-corrected chi connectivity index (χ2v) is 6.54. The lowest BCUT2D eigenvalue weighted by Gasteiger charge is -2.39. The van der Waals surface area contributed by atoms with Crippen molar-refractivity contribution in [3.8, 4) is 0 Å². The highest BCUT2D eigenvalue weighted by atomic mass is 15.1. The minimum atomic E-state index is 0.615. The van der Waals surface area contributed by atoms with E-state index in [2.05, 4.69) is 25.8 Å². The van der Waals surface area contributed by atoms with Crippen molar-refractivity contribution in [3.05, 3.63) is 11.1 Å². The summed E-state index contributed by atoms with van der Waals surface area (Å²) in [6, 6.07) is 0. The van der Waals surface area contributed by atoms with Gasteiger partial charge in [0.05, 0.1) is 0 Å². The van der Waals surface area contributed by atoms with E-state index in [0.29, 0.717) is 5.41 Å². The van der Waals surface area contributed by atoms with E-state index < -0.39 is 0 Å². The number of nitrogens with zero attached hydrogens (tertiary/aromatic N) is 1. The topological polar surface area (TPSA) is 3.24 Å². The van der Waals surface area contributed by atoms with Crippen LogP contribution in [0.25, 0.3) is 0 Å². The van der Waals surface area contributed by atoms with Gasteiger partial charge in [-0.15, -0.1) is 0 Å². The Labute approximate surface area is 99.9 Å². The highest BCUT2D eigenvalue weighted by Gasteiger charge is 2.47. The predicted octanol–water partition coefficient (Wildman–Crippen LogP) is 3.46. The second-order valence-electron chi connectivity index (χ2n) is 6.54. The first-order valence-corrected chi connectivity index (χ1v) is 6.99. The molecule has 90 valence electrons. The Hall–Kier alpha value is -0.300. The van der Waals surface area contributed by atoms with Crippen LogP contribution in [0.5, 0.6) is 0 Å². The van der Waals surface area contributed by atoms with Gasteiger partial charge in [0.25, 0.3) is 0 Å². The number of likely N-dealkylation sites (tertiary alicyclic amines) is 1. The van der Waals surface area contributed by atoms with Crippen LogP contribution in [0.15, 0.2) is 11.1 Å². The van der Waals surface area contributed by atoms with Crippen LogP contribution >= 0.6 is 0 Å². The van der Waals surface area contributed by atoms with E-state index in [1.54, 1.807) is 11.1 Å². The van der Waals surface area contributed by atoms with Crippen molar-refractivity contribution >= 4 is 0 Å². The van der Waals surface area contributed by atoms with Crippen molar-refractivity contribution in [1.82, 2.24) is 4.90 Å². The Morgan fingerprint density at radius 1 is 1.12 bits per heavy atom. The Morgan fingerprint density at radius 3 is 2.31 bits per heavy atom. The van der Waals surface area contributed by atoms with E-state index in [1.807, 2.05) is 0 Å². The first-order valence-electron chi connectivity index (χ1n) is 6.99. The molecule has 0 bridgehead atoms. The number of hydrogen-bond acceptors (Lipinski definition) is 1. The molecule has 1 unspecified atom stereocenters. The normalized spacial score (nSPS) is 35.1. The third-order valence-corrected chi connectivity index (χ3v) is 5.69. The zero-order valence-corrected chi connectivity index (χ0v) is 11.1. The van der Waals surface area contributed by atoms with Gasteiger partial charge in [-0.1, -0.05) is 11.1 Å². The molecule has 3 aliphatic rings. The van der Waals surface area contributed by atoms with Crippen LogP contribution in [0.4, 0.5) is 0 Å². The number of allylic oxidation sites excluding steroid dienone is 2. The molecule has 0 aromatic rings. The van der Waals surface area contributed by atoms with E-state index in [4.69, 9.17) is 0 Å². The minimum absolute atomic E-state index is 0.615. The fourth-order valence-corrected chi connectivity index (χ4v) is 4.07. The van der Waals surface area contributed by atoms with Crippen molar-refractivity contribution in [1.29, 1.82) is 0 Å². The van der Waals surface area contributed by atoms with Gasteiger partial charge in [-0.2, -0.15) is 0 Å². The van der Waals surface area contributed by atoms with Crippen LogP contribution in [-0.4, -0.2) is 25.0 Å². The molecule has 0 aromatic heterocycles. The van der Waals surface area contributed by atoms with Crippen molar-refractivity contribution < 1.29 is 0 Å². The minimum Gasteiger partial charge on any atom is -0.306 e. The lowest BCUT2D eigenvalue weighted by Crippen LogP contribution is -2.37. The summed E-state index contributed by atoms with van der Waals surface area (Å²) in [4.78, 5) is 2.50. The molecule has 1 aliphatic heterocycles. The van der Waals surface area contributed by atoms with Crippen LogP contribution in [-0.2, 0) is 0 Å². The summed E-state index contributed by atoms with van der Waals surface area (Å²) in [6.07, 6.45) is 7.32. The predicted molar refractivity (Wildman–Crippen MR) is 68.4 cm³/mol. The van der Waals surface area contributed by atoms with E-state index in [9.17, 15) is 0 Å². The zero-order valence-electron chi connectivity index (χ0n) is 11.1. The summed E-state index contributed by atoms with van der Waals surface area (Å²) in [5, 5.41) is 0. The number of rotatable bonds is 1. The molecule has 0 aromatic carbocycles. The Bertz CT molecular complexity index is 316. The van der Waals surface area contributed by atoms with E-state index >= 15 is 0 Å². The molecule has 0 radical (unpaired) electrons. The lowest BCUT2D eigenvalue weighted by atomic mass is 9.72. The first-order chi connectivity index (χ1) is 7.62. The number of hydrogen-bond donors (Lipinski definition) is 0. The largest absolute Gasteiger partial charge is 0.306 e. The molecule has 1 heterocycles. The monoisotopic (exact) mass is 219 g/mol. The third kappa shape index (κ3) is 1.55. The van der Waals surface area contributed by atoms with Crippen molar-refractivity contribution in [2.75, 3.05) is 20.1 Å². The molecular weight excluding hydrogens is 194 g/mol. The van der Waals surface area contributed by atoms with Gasteiger partial charge in [-0.25, -0.2) is 0 Å². The van der Waals surface area contributed by atoms with Gasteiger partial charge in [-0.05, 0) is 83.3 Å². The average Bonchev–Trinajstić information content (AvgIpc) is 3.08. The zero-order chi connectivity index (χ0) is 11.3. The fraction of sp³-hybridized carbons (Fsp3) is 0.867. The highest BCUT2D eigenvalue weighted by molar-refractivity contribution is 5.30. The fourth-order valence-electron chi connectivity index (χ4n) is 4.07. The van der Waals surface area contributed by atoms with Gasteiger partial charge >= 0.3 is 0 Å². The summed E-state index contributed by atoms with van der Waals surface area (Å²) in [5.74, 6) is 2.03. The summed E-state index contributed by atoms with van der Waals surface area (Å²) < 4.78 is 0. The molecule has 3 rings (SSSR count). The van der Waals surface area contributed by atoms with E-state index in [0.717, 1.165) is 11.8 Å². The quantitative estimate of drug-likeness (QED) is 0.610. The van der Waals surface area contributed by atoms with Gasteiger partial charge in [0.15, 0.2) is 0 Å². The standard InChI is InChI=1S/C15H25N/c1-11-12(2)15(6-8-16(3)9-7-15)10-14(11)13-4-5-13/h13-14H,4-10H2,1-3H3. The Balaban J connectivity index is 1.82. The molecule has 1 atom stereocenters. The molecular formula is C15H25N. The van der Waals surface area contributed by atoms with Gasteiger partial charge in [-0.3, -0.25) is 0 Å². The molecule has 0 N–H and O–H groups in total. The van der Waals surface area contributed by atoms with Gasteiger partial charge in [0, 0.05) is 0 Å². The van der Waals surface area contributed by atoms with Crippen LogP contribution < -0.4 is 0 Å². The molecule has 1 nitrogen and oxygen atoms in total.